The molecule has 1 aliphatic carbocycles. The van der Waals surface area contributed by atoms with Gasteiger partial charge in [-0.3, -0.25) is 0 Å². The third kappa shape index (κ3) is 3.79. The molecule has 0 saturated heterocycles. The second kappa shape index (κ2) is 7.71. The van der Waals surface area contributed by atoms with Crippen molar-refractivity contribution in [3.63, 3.8) is 0 Å². The van der Waals surface area contributed by atoms with Crippen LogP contribution in [0.25, 0.3) is 22.0 Å². The molecule has 1 aliphatic rings. The lowest BCUT2D eigenvalue weighted by Crippen LogP contribution is -2.08. The number of nitrogens with zero attached hydrogens (tertiary/aromatic N) is 3. The molecule has 1 fully saturated rings. The first-order chi connectivity index (χ1) is 15.4. The van der Waals surface area contributed by atoms with E-state index in [9.17, 15) is 8.78 Å². The Balaban J connectivity index is 1.52. The van der Waals surface area contributed by atoms with E-state index in [1.807, 2.05) is 43.3 Å². The molecule has 0 aliphatic heterocycles. The summed E-state index contributed by atoms with van der Waals surface area (Å²) in [4.78, 5) is 12.6. The second-order valence-corrected chi connectivity index (χ2v) is 7.91. The number of rotatable bonds is 6. The summed E-state index contributed by atoms with van der Waals surface area (Å²) < 4.78 is 32.9. The van der Waals surface area contributed by atoms with Crippen LogP contribution < -0.4 is 15.8 Å². The number of nitrogen functional groups attached to an aromatic ring is 1. The normalized spacial score (nSPS) is 16.7. The Labute approximate surface area is 183 Å². The number of nitrogens with two attached hydrogens (primary N) is 1. The largest absolute Gasteiger partial charge is 0.437 e. The highest BCUT2D eigenvalue weighted by atomic mass is 19.3. The molecule has 1 atom stereocenters. The lowest BCUT2D eigenvalue weighted by atomic mass is 10.0. The van der Waals surface area contributed by atoms with Gasteiger partial charge in [-0.25, -0.2) is 23.7 Å². The van der Waals surface area contributed by atoms with E-state index in [1.54, 1.807) is 24.5 Å². The summed E-state index contributed by atoms with van der Waals surface area (Å²) in [5, 5.41) is 4.92. The maximum atomic E-state index is 13.3. The van der Waals surface area contributed by atoms with Gasteiger partial charge in [0.2, 0.25) is 11.8 Å². The van der Waals surface area contributed by atoms with Crippen molar-refractivity contribution in [2.75, 3.05) is 17.6 Å². The van der Waals surface area contributed by atoms with Crippen molar-refractivity contribution in [3.8, 4) is 22.9 Å². The molecule has 1 unspecified atom stereocenters. The summed E-state index contributed by atoms with van der Waals surface area (Å²) in [5.41, 5.74) is 8.74. The number of fused-ring (bicyclic) bond motifs is 1. The number of pyridine rings is 1. The number of aryl methyl sites for hydroxylation is 1. The molecule has 4 aromatic rings. The van der Waals surface area contributed by atoms with Crippen molar-refractivity contribution in [3.05, 3.63) is 66.5 Å². The summed E-state index contributed by atoms with van der Waals surface area (Å²) in [6, 6.07) is 15.0. The zero-order valence-corrected chi connectivity index (χ0v) is 17.3. The number of anilines is 2. The highest BCUT2D eigenvalue weighted by Gasteiger charge is 2.56. The van der Waals surface area contributed by atoms with Crippen molar-refractivity contribution in [2.45, 2.75) is 19.3 Å². The van der Waals surface area contributed by atoms with Crippen LogP contribution in [0.5, 0.6) is 11.6 Å². The lowest BCUT2D eigenvalue weighted by Gasteiger charge is -2.16. The van der Waals surface area contributed by atoms with E-state index in [-0.39, 0.29) is 18.9 Å². The van der Waals surface area contributed by atoms with Crippen LogP contribution in [-0.4, -0.2) is 27.4 Å². The Morgan fingerprint density at radius 1 is 1.06 bits per heavy atom. The molecule has 2 aromatic heterocycles. The van der Waals surface area contributed by atoms with Crippen LogP contribution in [0.15, 0.2) is 60.9 Å². The molecule has 5 rings (SSSR count). The zero-order chi connectivity index (χ0) is 22.3. The quantitative estimate of drug-likeness (QED) is 0.421. The third-order valence-electron chi connectivity index (χ3n) is 5.62. The van der Waals surface area contributed by atoms with E-state index >= 15 is 0 Å². The van der Waals surface area contributed by atoms with Gasteiger partial charge >= 0.3 is 0 Å². The Morgan fingerprint density at radius 3 is 2.69 bits per heavy atom. The number of halogens is 2. The molecule has 0 radical (unpaired) electrons. The van der Waals surface area contributed by atoms with Gasteiger partial charge in [-0.2, -0.15) is 0 Å². The van der Waals surface area contributed by atoms with Crippen molar-refractivity contribution in [1.29, 1.82) is 0 Å². The third-order valence-corrected chi connectivity index (χ3v) is 5.62. The Hall–Kier alpha value is -3.81. The predicted octanol–water partition coefficient (Wildman–Crippen LogP) is 5.44. The van der Waals surface area contributed by atoms with E-state index in [2.05, 4.69) is 20.3 Å². The van der Waals surface area contributed by atoms with Crippen LogP contribution in [0.3, 0.4) is 0 Å². The highest BCUT2D eigenvalue weighted by molar-refractivity contribution is 5.98. The first-order valence-corrected chi connectivity index (χ1v) is 10.3. The van der Waals surface area contributed by atoms with Gasteiger partial charge in [0.25, 0.3) is 5.92 Å². The Morgan fingerprint density at radius 2 is 1.91 bits per heavy atom. The Bertz CT molecular complexity index is 1310. The topological polar surface area (TPSA) is 86.0 Å². The summed E-state index contributed by atoms with van der Waals surface area (Å²) in [7, 11) is 0. The number of alkyl halides is 2. The van der Waals surface area contributed by atoms with E-state index in [0.29, 0.717) is 22.9 Å². The minimum atomic E-state index is -2.55. The van der Waals surface area contributed by atoms with Crippen molar-refractivity contribution < 1.29 is 13.5 Å². The molecule has 8 heteroatoms. The van der Waals surface area contributed by atoms with Gasteiger partial charge < -0.3 is 15.8 Å². The van der Waals surface area contributed by atoms with Crippen molar-refractivity contribution in [2.24, 2.45) is 5.92 Å². The number of hydrogen-bond donors (Lipinski definition) is 2. The summed E-state index contributed by atoms with van der Waals surface area (Å²) in [5.74, 6) is -1.98. The molecule has 3 N–H and O–H groups in total. The maximum Gasteiger partial charge on any atom is 0.253 e. The minimum Gasteiger partial charge on any atom is -0.437 e. The van der Waals surface area contributed by atoms with E-state index in [4.69, 9.17) is 10.5 Å². The minimum absolute atomic E-state index is 0.0613. The van der Waals surface area contributed by atoms with Gasteiger partial charge in [0.05, 0.1) is 11.3 Å². The summed E-state index contributed by atoms with van der Waals surface area (Å²) in [6.45, 7) is 2.18. The maximum absolute atomic E-state index is 13.3. The van der Waals surface area contributed by atoms with Gasteiger partial charge in [0, 0.05) is 47.7 Å². The molecule has 0 spiro atoms. The molecular weight excluding hydrogens is 412 g/mol. The molecule has 2 heterocycles. The standard InChI is InChI=1S/C24H21F2N5O/c1-14-7-8-16-17(4-2-6-19(16)30-13-15-12-24(15,25)26)21(14)32-22-18(5-3-10-28-22)20-9-11-29-23(27)31-20/h2-11,15,30H,12-13H2,1H3,(H2,27,29,31). The Kier molecular flexibility index (Phi) is 4.84. The van der Waals surface area contributed by atoms with Crippen LogP contribution >= 0.6 is 0 Å². The number of nitrogens with one attached hydrogen (secondary N) is 1. The van der Waals surface area contributed by atoms with E-state index in [0.717, 1.165) is 22.0 Å². The SMILES string of the molecule is Cc1ccc2c(NCC3CC3(F)F)cccc2c1Oc1ncccc1-c1ccnc(N)n1. The fraction of sp³-hybridized carbons (Fsp3) is 0.208. The van der Waals surface area contributed by atoms with Crippen LogP contribution in [0.1, 0.15) is 12.0 Å². The van der Waals surface area contributed by atoms with Gasteiger partial charge in [-0.1, -0.05) is 24.3 Å². The fourth-order valence-electron chi connectivity index (χ4n) is 3.74. The van der Waals surface area contributed by atoms with Gasteiger partial charge in [0.1, 0.15) is 5.75 Å². The smallest absolute Gasteiger partial charge is 0.253 e. The molecule has 162 valence electrons. The summed E-state index contributed by atoms with van der Waals surface area (Å²) >= 11 is 0. The first kappa shape index (κ1) is 20.1. The van der Waals surface area contributed by atoms with E-state index in [1.165, 1.54) is 0 Å². The molecule has 1 saturated carbocycles. The molecule has 2 aromatic carbocycles. The first-order valence-electron chi connectivity index (χ1n) is 10.3. The predicted molar refractivity (Wildman–Crippen MR) is 120 cm³/mol. The summed E-state index contributed by atoms with van der Waals surface area (Å²) in [6.07, 6.45) is 3.17. The monoisotopic (exact) mass is 433 g/mol. The number of aromatic nitrogens is 3. The molecule has 0 bridgehead atoms. The number of ether oxygens (including phenoxy) is 1. The molecule has 32 heavy (non-hydrogen) atoms. The van der Waals surface area contributed by atoms with Crippen LogP contribution in [0, 0.1) is 12.8 Å². The fourth-order valence-corrected chi connectivity index (χ4v) is 3.74. The molecular formula is C24H21F2N5O. The van der Waals surface area contributed by atoms with E-state index < -0.39 is 11.8 Å². The highest BCUT2D eigenvalue weighted by Crippen LogP contribution is 2.48. The number of benzene rings is 2. The average molecular weight is 433 g/mol. The number of hydrogen-bond acceptors (Lipinski definition) is 6. The molecule has 0 amide bonds. The van der Waals surface area contributed by atoms with Crippen LogP contribution in [-0.2, 0) is 0 Å². The lowest BCUT2D eigenvalue weighted by molar-refractivity contribution is 0.101. The van der Waals surface area contributed by atoms with Crippen LogP contribution in [0.4, 0.5) is 20.4 Å². The van der Waals surface area contributed by atoms with Gasteiger partial charge in [-0.05, 0) is 36.8 Å². The second-order valence-electron chi connectivity index (χ2n) is 7.91. The van der Waals surface area contributed by atoms with Gasteiger partial charge in [-0.15, -0.1) is 0 Å². The molecule has 6 nitrogen and oxygen atoms in total. The average Bonchev–Trinajstić information content (AvgIpc) is 3.40. The van der Waals surface area contributed by atoms with Crippen LogP contribution in [0.2, 0.25) is 0 Å². The van der Waals surface area contributed by atoms with Gasteiger partial charge in [0.15, 0.2) is 0 Å². The van der Waals surface area contributed by atoms with Crippen molar-refractivity contribution >= 4 is 22.4 Å². The zero-order valence-electron chi connectivity index (χ0n) is 17.3. The van der Waals surface area contributed by atoms with Crippen molar-refractivity contribution in [1.82, 2.24) is 15.0 Å².